The smallest absolute Gasteiger partial charge is 0.338 e. The van der Waals surface area contributed by atoms with Crippen molar-refractivity contribution in [1.82, 2.24) is 4.57 Å². The van der Waals surface area contributed by atoms with Crippen LogP contribution in [-0.2, 0) is 14.3 Å². The van der Waals surface area contributed by atoms with Crippen molar-refractivity contribution in [3.05, 3.63) is 78.7 Å². The molecule has 188 valence electrons. The number of ether oxygens (including phenoxy) is 3. The van der Waals surface area contributed by atoms with Gasteiger partial charge in [-0.15, -0.1) is 0 Å². The molecule has 0 spiro atoms. The van der Waals surface area contributed by atoms with Crippen molar-refractivity contribution >= 4 is 29.3 Å². The lowest BCUT2D eigenvalue weighted by Crippen LogP contribution is -2.39. The number of furan rings is 1. The van der Waals surface area contributed by atoms with E-state index in [1.54, 1.807) is 43.7 Å². The molecule has 1 unspecified atom stereocenters. The molecule has 2 aromatic heterocycles. The molecule has 0 amide bonds. The number of carbonyl (C=O) groups is 1. The fourth-order valence-electron chi connectivity index (χ4n) is 4.40. The number of methoxy groups -OCH3 is 1. The van der Waals surface area contributed by atoms with E-state index >= 15 is 0 Å². The predicted molar refractivity (Wildman–Crippen MR) is 135 cm³/mol. The van der Waals surface area contributed by atoms with E-state index in [1.807, 2.05) is 24.3 Å². The standard InChI is InChI=1S/C26H27N3O6S/c1-4-34-25(31)22-16(2)27-26-29(23(22)17-5-7-18(32-3)8-6-17)24(30)20(36-26)15-19-9-10-21(35-19)28-11-13-33-14-12-28/h5-10,15,23H,4,11-14H2,1-3H3/b20-15+. The molecule has 0 aliphatic carbocycles. The molecule has 1 fully saturated rings. The van der Waals surface area contributed by atoms with Crippen molar-refractivity contribution in [2.24, 2.45) is 4.99 Å². The van der Waals surface area contributed by atoms with E-state index in [2.05, 4.69) is 9.89 Å². The van der Waals surface area contributed by atoms with Gasteiger partial charge in [0.2, 0.25) is 0 Å². The van der Waals surface area contributed by atoms with Gasteiger partial charge in [-0.25, -0.2) is 9.79 Å². The number of esters is 1. The van der Waals surface area contributed by atoms with Gasteiger partial charge >= 0.3 is 5.97 Å². The van der Waals surface area contributed by atoms with Crippen LogP contribution >= 0.6 is 11.3 Å². The van der Waals surface area contributed by atoms with E-state index in [9.17, 15) is 9.59 Å². The first-order valence-electron chi connectivity index (χ1n) is 11.8. The highest BCUT2D eigenvalue weighted by atomic mass is 32.1. The molecule has 0 saturated carbocycles. The Kier molecular flexibility index (Phi) is 6.80. The number of hydrogen-bond acceptors (Lipinski definition) is 9. The van der Waals surface area contributed by atoms with Crippen molar-refractivity contribution in [3.63, 3.8) is 0 Å². The Bertz CT molecular complexity index is 1470. The molecule has 2 aliphatic heterocycles. The lowest BCUT2D eigenvalue weighted by atomic mass is 9.96. The van der Waals surface area contributed by atoms with Gasteiger partial charge in [0.15, 0.2) is 10.7 Å². The third kappa shape index (κ3) is 4.49. The summed E-state index contributed by atoms with van der Waals surface area (Å²) < 4.78 is 24.1. The van der Waals surface area contributed by atoms with Gasteiger partial charge in [0.1, 0.15) is 11.5 Å². The summed E-state index contributed by atoms with van der Waals surface area (Å²) in [6.07, 6.45) is 1.72. The van der Waals surface area contributed by atoms with Crippen LogP contribution in [0, 0.1) is 0 Å². The molecular formula is C26H27N3O6S. The normalized spacial score (nSPS) is 18.1. The molecule has 2 aliphatic rings. The minimum Gasteiger partial charge on any atom is -0.497 e. The lowest BCUT2D eigenvalue weighted by Gasteiger charge is -2.26. The average Bonchev–Trinajstić information content (AvgIpc) is 3.48. The van der Waals surface area contributed by atoms with Crippen molar-refractivity contribution < 1.29 is 23.4 Å². The molecule has 5 rings (SSSR count). The van der Waals surface area contributed by atoms with Gasteiger partial charge in [-0.3, -0.25) is 9.36 Å². The van der Waals surface area contributed by atoms with E-state index in [0.29, 0.717) is 45.3 Å². The highest BCUT2D eigenvalue weighted by Gasteiger charge is 2.33. The second-order valence-electron chi connectivity index (χ2n) is 8.35. The summed E-state index contributed by atoms with van der Waals surface area (Å²) in [5.74, 6) is 1.51. The number of benzene rings is 1. The topological polar surface area (TPSA) is 95.5 Å². The van der Waals surface area contributed by atoms with Crippen LogP contribution in [0.2, 0.25) is 0 Å². The Morgan fingerprint density at radius 2 is 1.94 bits per heavy atom. The number of nitrogens with zero attached hydrogens (tertiary/aromatic N) is 3. The molecule has 1 atom stereocenters. The van der Waals surface area contributed by atoms with Crippen molar-refractivity contribution in [2.45, 2.75) is 19.9 Å². The fourth-order valence-corrected chi connectivity index (χ4v) is 5.42. The van der Waals surface area contributed by atoms with Crippen LogP contribution in [0.15, 0.2) is 61.9 Å². The Hall–Kier alpha value is -3.63. The van der Waals surface area contributed by atoms with Crippen LogP contribution in [0.1, 0.15) is 31.2 Å². The van der Waals surface area contributed by atoms with Crippen molar-refractivity contribution in [2.75, 3.05) is 44.9 Å². The van der Waals surface area contributed by atoms with Crippen LogP contribution in [-0.4, -0.2) is 50.6 Å². The number of morpholine rings is 1. The Morgan fingerprint density at radius 1 is 1.19 bits per heavy atom. The molecule has 1 aromatic carbocycles. The Labute approximate surface area is 211 Å². The summed E-state index contributed by atoms with van der Waals surface area (Å²) in [6, 6.07) is 10.4. The number of fused-ring (bicyclic) bond motifs is 1. The SMILES string of the molecule is CCOC(=O)C1=C(C)N=c2s/c(=C/c3ccc(N4CCOCC4)o3)c(=O)n2C1c1ccc(OC)cc1. The third-order valence-electron chi connectivity index (χ3n) is 6.16. The van der Waals surface area contributed by atoms with Gasteiger partial charge in [0.05, 0.1) is 48.8 Å². The van der Waals surface area contributed by atoms with Gasteiger partial charge < -0.3 is 23.5 Å². The molecule has 1 saturated heterocycles. The molecule has 0 radical (unpaired) electrons. The number of anilines is 1. The maximum absolute atomic E-state index is 13.7. The zero-order valence-electron chi connectivity index (χ0n) is 20.4. The average molecular weight is 510 g/mol. The number of allylic oxidation sites excluding steroid dienone is 1. The molecule has 4 heterocycles. The zero-order valence-corrected chi connectivity index (χ0v) is 21.2. The van der Waals surface area contributed by atoms with E-state index in [-0.39, 0.29) is 12.2 Å². The summed E-state index contributed by atoms with van der Waals surface area (Å²) in [5, 5.41) is 0. The van der Waals surface area contributed by atoms with E-state index < -0.39 is 12.0 Å². The molecule has 9 nitrogen and oxygen atoms in total. The van der Waals surface area contributed by atoms with Crippen molar-refractivity contribution in [3.8, 4) is 5.75 Å². The van der Waals surface area contributed by atoms with Crippen LogP contribution in [0.25, 0.3) is 6.08 Å². The molecule has 36 heavy (non-hydrogen) atoms. The largest absolute Gasteiger partial charge is 0.497 e. The van der Waals surface area contributed by atoms with Gasteiger partial charge in [-0.1, -0.05) is 23.5 Å². The van der Waals surface area contributed by atoms with E-state index in [1.165, 1.54) is 11.3 Å². The summed E-state index contributed by atoms with van der Waals surface area (Å²) in [5.41, 5.74) is 1.37. The third-order valence-corrected chi connectivity index (χ3v) is 7.14. The van der Waals surface area contributed by atoms with Crippen molar-refractivity contribution in [1.29, 1.82) is 0 Å². The molecule has 0 N–H and O–H groups in total. The first kappa shape index (κ1) is 24.1. The number of rotatable bonds is 6. The fraction of sp³-hybridized carbons (Fsp3) is 0.346. The summed E-state index contributed by atoms with van der Waals surface area (Å²) in [7, 11) is 1.59. The van der Waals surface area contributed by atoms with Gasteiger partial charge in [-0.2, -0.15) is 0 Å². The number of aromatic nitrogens is 1. The minimum atomic E-state index is -0.672. The van der Waals surface area contributed by atoms with Gasteiger partial charge in [0, 0.05) is 25.2 Å². The summed E-state index contributed by atoms with van der Waals surface area (Å²) in [4.78, 5) is 33.9. The lowest BCUT2D eigenvalue weighted by molar-refractivity contribution is -0.139. The molecular weight excluding hydrogens is 482 g/mol. The Morgan fingerprint density at radius 3 is 2.64 bits per heavy atom. The number of hydrogen-bond donors (Lipinski definition) is 0. The first-order chi connectivity index (χ1) is 17.5. The first-order valence-corrected chi connectivity index (χ1v) is 12.6. The molecule has 3 aromatic rings. The maximum atomic E-state index is 13.7. The second kappa shape index (κ2) is 10.2. The van der Waals surface area contributed by atoms with E-state index in [0.717, 1.165) is 24.5 Å². The van der Waals surface area contributed by atoms with Gasteiger partial charge in [0.25, 0.3) is 5.56 Å². The summed E-state index contributed by atoms with van der Waals surface area (Å²) >= 11 is 1.26. The maximum Gasteiger partial charge on any atom is 0.338 e. The Balaban J connectivity index is 1.60. The highest BCUT2D eigenvalue weighted by molar-refractivity contribution is 7.07. The minimum absolute atomic E-state index is 0.222. The van der Waals surface area contributed by atoms with Crippen LogP contribution < -0.4 is 24.5 Å². The van der Waals surface area contributed by atoms with Gasteiger partial charge in [-0.05, 0) is 37.6 Å². The number of thiazole rings is 1. The molecule has 10 heteroatoms. The highest BCUT2D eigenvalue weighted by Crippen LogP contribution is 2.31. The van der Waals surface area contributed by atoms with E-state index in [4.69, 9.17) is 18.6 Å². The molecule has 0 bridgehead atoms. The predicted octanol–water partition coefficient (Wildman–Crippen LogP) is 2.24. The van der Waals surface area contributed by atoms with Crippen LogP contribution in [0.5, 0.6) is 5.75 Å². The number of carbonyl (C=O) groups excluding carboxylic acids is 1. The monoisotopic (exact) mass is 509 g/mol. The second-order valence-corrected chi connectivity index (χ2v) is 9.36. The zero-order chi connectivity index (χ0) is 25.2. The quantitative estimate of drug-likeness (QED) is 0.471. The van der Waals surface area contributed by atoms with Crippen LogP contribution in [0.3, 0.4) is 0 Å². The van der Waals surface area contributed by atoms with Crippen LogP contribution in [0.4, 0.5) is 5.88 Å². The summed E-state index contributed by atoms with van der Waals surface area (Å²) in [6.45, 7) is 6.56.